The van der Waals surface area contributed by atoms with Gasteiger partial charge in [0.15, 0.2) is 5.78 Å². The molecule has 1 saturated heterocycles. The van der Waals surface area contributed by atoms with E-state index in [2.05, 4.69) is 34.7 Å². The zero-order valence-electron chi connectivity index (χ0n) is 13.1. The van der Waals surface area contributed by atoms with Gasteiger partial charge >= 0.3 is 0 Å². The maximum atomic E-state index is 12.1. The van der Waals surface area contributed by atoms with E-state index in [1.54, 1.807) is 0 Å². The summed E-state index contributed by atoms with van der Waals surface area (Å²) in [6, 6.07) is 7.68. The number of nitrogens with zero attached hydrogens (tertiary/aromatic N) is 1. The zero-order chi connectivity index (χ0) is 15.2. The fourth-order valence-corrected chi connectivity index (χ4v) is 3.35. The quantitative estimate of drug-likeness (QED) is 0.687. The molecular weight excluding hydrogens is 326 g/mol. The van der Waals surface area contributed by atoms with Crippen LogP contribution in [0.25, 0.3) is 0 Å². The number of likely N-dealkylation sites (tertiary alicyclic amines) is 1. The molecule has 1 aromatic rings. The number of piperidine rings is 1. The minimum Gasteiger partial charge on any atom is -0.303 e. The lowest BCUT2D eigenvalue weighted by Crippen LogP contribution is -2.35. The Labute approximate surface area is 137 Å². The van der Waals surface area contributed by atoms with E-state index in [1.165, 1.54) is 25.9 Å². The van der Waals surface area contributed by atoms with Gasteiger partial charge in [-0.2, -0.15) is 0 Å². The van der Waals surface area contributed by atoms with Gasteiger partial charge in [0.1, 0.15) is 0 Å². The molecule has 0 aliphatic carbocycles. The van der Waals surface area contributed by atoms with Gasteiger partial charge in [0.25, 0.3) is 0 Å². The molecule has 1 heterocycles. The van der Waals surface area contributed by atoms with Crippen LogP contribution in [-0.2, 0) is 0 Å². The smallest absolute Gasteiger partial charge is 0.162 e. The first-order valence-electron chi connectivity index (χ1n) is 8.07. The van der Waals surface area contributed by atoms with Crippen molar-refractivity contribution in [1.82, 2.24) is 4.90 Å². The molecule has 0 aromatic heterocycles. The molecule has 0 unspecified atom stereocenters. The largest absolute Gasteiger partial charge is 0.303 e. The van der Waals surface area contributed by atoms with Crippen molar-refractivity contribution in [2.45, 2.75) is 39.5 Å². The van der Waals surface area contributed by atoms with Crippen LogP contribution in [-0.4, -0.2) is 30.3 Å². The fraction of sp³-hybridized carbons (Fsp3) is 0.611. The minimum absolute atomic E-state index is 0.263. The third-order valence-corrected chi connectivity index (χ3v) is 5.15. The van der Waals surface area contributed by atoms with Crippen molar-refractivity contribution < 1.29 is 4.79 Å². The maximum absolute atomic E-state index is 12.1. The van der Waals surface area contributed by atoms with E-state index in [9.17, 15) is 4.79 Å². The van der Waals surface area contributed by atoms with Crippen molar-refractivity contribution in [3.8, 4) is 0 Å². The molecule has 0 amide bonds. The summed E-state index contributed by atoms with van der Waals surface area (Å²) in [4.78, 5) is 14.6. The average molecular weight is 352 g/mol. The standard InChI is InChI=1S/C18H26BrNO/c1-14(2)15-9-12-20(13-10-15)11-3-4-18(21)16-5-7-17(19)8-6-16/h5-8,14-15H,3-4,9-13H2,1-2H3. The minimum atomic E-state index is 0.263. The first-order chi connectivity index (χ1) is 10.1. The van der Waals surface area contributed by atoms with Crippen molar-refractivity contribution in [1.29, 1.82) is 0 Å². The molecule has 1 aliphatic rings. The highest BCUT2D eigenvalue weighted by Gasteiger charge is 2.21. The van der Waals surface area contributed by atoms with Crippen LogP contribution in [0.15, 0.2) is 28.7 Å². The molecule has 2 rings (SSSR count). The van der Waals surface area contributed by atoms with Crippen LogP contribution in [0, 0.1) is 11.8 Å². The summed E-state index contributed by atoms with van der Waals surface area (Å²) in [5.41, 5.74) is 0.830. The van der Waals surface area contributed by atoms with Gasteiger partial charge < -0.3 is 4.90 Å². The molecule has 0 atom stereocenters. The van der Waals surface area contributed by atoms with Gasteiger partial charge in [-0.25, -0.2) is 0 Å². The lowest BCUT2D eigenvalue weighted by Gasteiger charge is -2.33. The van der Waals surface area contributed by atoms with Gasteiger partial charge in [-0.05, 0) is 62.9 Å². The number of hydrogen-bond acceptors (Lipinski definition) is 2. The predicted octanol–water partition coefficient (Wildman–Crippen LogP) is 4.78. The van der Waals surface area contributed by atoms with Crippen molar-refractivity contribution in [3.63, 3.8) is 0 Å². The van der Waals surface area contributed by atoms with E-state index < -0.39 is 0 Å². The Bertz CT molecular complexity index is 447. The maximum Gasteiger partial charge on any atom is 0.162 e. The van der Waals surface area contributed by atoms with E-state index in [-0.39, 0.29) is 5.78 Å². The van der Waals surface area contributed by atoms with E-state index in [0.29, 0.717) is 6.42 Å². The summed E-state index contributed by atoms with van der Waals surface area (Å²) in [6.45, 7) is 8.13. The highest BCUT2D eigenvalue weighted by Crippen LogP contribution is 2.24. The van der Waals surface area contributed by atoms with Crippen molar-refractivity contribution >= 4 is 21.7 Å². The van der Waals surface area contributed by atoms with E-state index in [0.717, 1.165) is 34.8 Å². The van der Waals surface area contributed by atoms with Gasteiger partial charge in [0.05, 0.1) is 0 Å². The second kappa shape index (κ2) is 8.09. The molecule has 0 radical (unpaired) electrons. The van der Waals surface area contributed by atoms with Crippen LogP contribution in [0.3, 0.4) is 0 Å². The zero-order valence-corrected chi connectivity index (χ0v) is 14.7. The normalized spacial score (nSPS) is 17.3. The lowest BCUT2D eigenvalue weighted by molar-refractivity contribution is 0.0968. The predicted molar refractivity (Wildman–Crippen MR) is 91.7 cm³/mol. The van der Waals surface area contributed by atoms with E-state index in [1.807, 2.05) is 24.3 Å². The van der Waals surface area contributed by atoms with Crippen LogP contribution in [0.5, 0.6) is 0 Å². The molecule has 0 spiro atoms. The molecule has 0 saturated carbocycles. The number of benzene rings is 1. The van der Waals surface area contributed by atoms with Gasteiger partial charge in [-0.15, -0.1) is 0 Å². The molecule has 116 valence electrons. The Hall–Kier alpha value is -0.670. The molecule has 1 fully saturated rings. The van der Waals surface area contributed by atoms with Crippen LogP contribution in [0.4, 0.5) is 0 Å². The van der Waals surface area contributed by atoms with Crippen molar-refractivity contribution in [3.05, 3.63) is 34.3 Å². The average Bonchev–Trinajstić information content (AvgIpc) is 2.48. The molecule has 1 aliphatic heterocycles. The Morgan fingerprint density at radius 3 is 2.43 bits per heavy atom. The lowest BCUT2D eigenvalue weighted by atomic mass is 9.86. The molecule has 0 N–H and O–H groups in total. The number of ketones is 1. The molecular formula is C18H26BrNO. The monoisotopic (exact) mass is 351 g/mol. The Morgan fingerprint density at radius 2 is 1.86 bits per heavy atom. The van der Waals surface area contributed by atoms with E-state index in [4.69, 9.17) is 0 Å². The van der Waals surface area contributed by atoms with Crippen molar-refractivity contribution in [2.75, 3.05) is 19.6 Å². The number of halogens is 1. The van der Waals surface area contributed by atoms with Gasteiger partial charge in [-0.1, -0.05) is 41.9 Å². The third-order valence-electron chi connectivity index (χ3n) is 4.62. The first-order valence-corrected chi connectivity index (χ1v) is 8.86. The number of rotatable bonds is 6. The van der Waals surface area contributed by atoms with Gasteiger partial charge in [0, 0.05) is 16.5 Å². The van der Waals surface area contributed by atoms with Crippen LogP contribution in [0.1, 0.15) is 49.9 Å². The fourth-order valence-electron chi connectivity index (χ4n) is 3.09. The SMILES string of the molecule is CC(C)C1CCN(CCCC(=O)c2ccc(Br)cc2)CC1. The highest BCUT2D eigenvalue weighted by molar-refractivity contribution is 9.10. The summed E-state index contributed by atoms with van der Waals surface area (Å²) < 4.78 is 1.02. The number of carbonyl (C=O) groups is 1. The van der Waals surface area contributed by atoms with Gasteiger partial charge in [0.2, 0.25) is 0 Å². The summed E-state index contributed by atoms with van der Waals surface area (Å²) in [5, 5.41) is 0. The second-order valence-electron chi connectivity index (χ2n) is 6.46. The Morgan fingerprint density at radius 1 is 1.24 bits per heavy atom. The Balaban J connectivity index is 1.68. The number of Topliss-reactive ketones (excluding diaryl/α,β-unsaturated/α-hetero) is 1. The highest BCUT2D eigenvalue weighted by atomic mass is 79.9. The topological polar surface area (TPSA) is 20.3 Å². The summed E-state index contributed by atoms with van der Waals surface area (Å²) in [5.74, 6) is 1.97. The summed E-state index contributed by atoms with van der Waals surface area (Å²) in [6.07, 6.45) is 4.27. The van der Waals surface area contributed by atoms with E-state index >= 15 is 0 Å². The molecule has 21 heavy (non-hydrogen) atoms. The second-order valence-corrected chi connectivity index (χ2v) is 7.37. The van der Waals surface area contributed by atoms with Gasteiger partial charge in [-0.3, -0.25) is 4.79 Å². The molecule has 0 bridgehead atoms. The van der Waals surface area contributed by atoms with Crippen LogP contribution >= 0.6 is 15.9 Å². The van der Waals surface area contributed by atoms with Crippen LogP contribution < -0.4 is 0 Å². The van der Waals surface area contributed by atoms with Crippen molar-refractivity contribution in [2.24, 2.45) is 11.8 Å². The summed E-state index contributed by atoms with van der Waals surface area (Å²) >= 11 is 3.40. The number of hydrogen-bond donors (Lipinski definition) is 0. The summed E-state index contributed by atoms with van der Waals surface area (Å²) in [7, 11) is 0. The first kappa shape index (κ1) is 16.7. The molecule has 1 aromatic carbocycles. The number of carbonyl (C=O) groups excluding carboxylic acids is 1. The molecule has 2 nitrogen and oxygen atoms in total. The third kappa shape index (κ3) is 5.23. The molecule has 3 heteroatoms. The Kier molecular flexibility index (Phi) is 6.43. The van der Waals surface area contributed by atoms with Crippen LogP contribution in [0.2, 0.25) is 0 Å².